The van der Waals surface area contributed by atoms with Crippen molar-refractivity contribution in [1.82, 2.24) is 5.32 Å². The van der Waals surface area contributed by atoms with Gasteiger partial charge in [-0.2, -0.15) is 0 Å². The monoisotopic (exact) mass is 155 g/mol. The second-order valence-electron chi connectivity index (χ2n) is 3.69. The van der Waals surface area contributed by atoms with Crippen molar-refractivity contribution in [2.24, 2.45) is 11.8 Å². The Morgan fingerprint density at radius 2 is 2.45 bits per heavy atom. The minimum atomic E-state index is 0.826. The van der Waals surface area contributed by atoms with Crippen molar-refractivity contribution in [2.75, 3.05) is 19.8 Å². The van der Waals surface area contributed by atoms with Crippen molar-refractivity contribution in [3.63, 3.8) is 0 Å². The molecule has 1 N–H and O–H groups in total. The Kier molecular flexibility index (Phi) is 2.14. The van der Waals surface area contributed by atoms with Crippen LogP contribution in [0.15, 0.2) is 0 Å². The molecule has 2 rings (SSSR count). The van der Waals surface area contributed by atoms with Gasteiger partial charge in [-0.05, 0) is 31.2 Å². The van der Waals surface area contributed by atoms with Crippen LogP contribution in [0.1, 0.15) is 19.8 Å². The van der Waals surface area contributed by atoms with E-state index >= 15 is 0 Å². The van der Waals surface area contributed by atoms with Gasteiger partial charge in [0, 0.05) is 19.3 Å². The standard InChI is InChI=1S/C9H17NO/c1-2-10-9-5-8(9)7-3-4-11-6-7/h7-10H,2-6H2,1H3. The highest BCUT2D eigenvalue weighted by Crippen LogP contribution is 2.40. The lowest BCUT2D eigenvalue weighted by atomic mass is 10.0. The van der Waals surface area contributed by atoms with Crippen LogP contribution < -0.4 is 5.32 Å². The van der Waals surface area contributed by atoms with Crippen LogP contribution in [-0.4, -0.2) is 25.8 Å². The molecule has 2 heteroatoms. The van der Waals surface area contributed by atoms with Crippen LogP contribution in [0.25, 0.3) is 0 Å². The molecule has 64 valence electrons. The molecule has 0 radical (unpaired) electrons. The Bertz CT molecular complexity index is 132. The summed E-state index contributed by atoms with van der Waals surface area (Å²) in [6.45, 7) is 5.32. The molecule has 2 fully saturated rings. The minimum absolute atomic E-state index is 0.826. The van der Waals surface area contributed by atoms with Gasteiger partial charge < -0.3 is 10.1 Å². The molecule has 1 heterocycles. The first-order valence-electron chi connectivity index (χ1n) is 4.73. The lowest BCUT2D eigenvalue weighted by molar-refractivity contribution is 0.181. The fourth-order valence-corrected chi connectivity index (χ4v) is 2.12. The van der Waals surface area contributed by atoms with Gasteiger partial charge in [-0.3, -0.25) is 0 Å². The summed E-state index contributed by atoms with van der Waals surface area (Å²) in [5.41, 5.74) is 0. The SMILES string of the molecule is CCNC1CC1C1CCOC1. The molecule has 1 aliphatic carbocycles. The zero-order valence-electron chi connectivity index (χ0n) is 7.18. The minimum Gasteiger partial charge on any atom is -0.381 e. The molecule has 1 aliphatic heterocycles. The Morgan fingerprint density at radius 1 is 1.55 bits per heavy atom. The normalized spacial score (nSPS) is 42.8. The summed E-state index contributed by atoms with van der Waals surface area (Å²) in [4.78, 5) is 0. The van der Waals surface area contributed by atoms with Gasteiger partial charge in [0.2, 0.25) is 0 Å². The fraction of sp³-hybridized carbons (Fsp3) is 1.00. The van der Waals surface area contributed by atoms with Crippen LogP contribution in [0.2, 0.25) is 0 Å². The predicted molar refractivity (Wildman–Crippen MR) is 44.5 cm³/mol. The Morgan fingerprint density at radius 3 is 3.09 bits per heavy atom. The molecular weight excluding hydrogens is 138 g/mol. The highest BCUT2D eigenvalue weighted by Gasteiger charge is 2.43. The first-order valence-corrected chi connectivity index (χ1v) is 4.73. The van der Waals surface area contributed by atoms with E-state index in [1.807, 2.05) is 0 Å². The zero-order chi connectivity index (χ0) is 7.68. The molecule has 11 heavy (non-hydrogen) atoms. The molecule has 1 saturated carbocycles. The van der Waals surface area contributed by atoms with Gasteiger partial charge in [-0.25, -0.2) is 0 Å². The number of hydrogen-bond donors (Lipinski definition) is 1. The average molecular weight is 155 g/mol. The molecule has 3 atom stereocenters. The molecule has 3 unspecified atom stereocenters. The summed E-state index contributed by atoms with van der Waals surface area (Å²) >= 11 is 0. The van der Waals surface area contributed by atoms with Gasteiger partial charge in [0.15, 0.2) is 0 Å². The molecule has 0 aromatic carbocycles. The summed E-state index contributed by atoms with van der Waals surface area (Å²) in [6.07, 6.45) is 2.69. The van der Waals surface area contributed by atoms with Gasteiger partial charge in [0.25, 0.3) is 0 Å². The van der Waals surface area contributed by atoms with Crippen molar-refractivity contribution >= 4 is 0 Å². The molecule has 2 nitrogen and oxygen atoms in total. The first-order chi connectivity index (χ1) is 5.42. The maximum absolute atomic E-state index is 5.36. The highest BCUT2D eigenvalue weighted by molar-refractivity contribution is 4.97. The van der Waals surface area contributed by atoms with E-state index < -0.39 is 0 Å². The molecule has 0 amide bonds. The van der Waals surface area contributed by atoms with Crippen LogP contribution in [-0.2, 0) is 4.74 Å². The molecule has 0 aromatic rings. The quantitative estimate of drug-likeness (QED) is 0.657. The van der Waals surface area contributed by atoms with Crippen LogP contribution >= 0.6 is 0 Å². The van der Waals surface area contributed by atoms with Crippen LogP contribution in [0, 0.1) is 11.8 Å². The third-order valence-corrected chi connectivity index (χ3v) is 2.88. The number of rotatable bonds is 3. The third-order valence-electron chi connectivity index (χ3n) is 2.88. The van der Waals surface area contributed by atoms with Crippen molar-refractivity contribution in [1.29, 1.82) is 0 Å². The number of hydrogen-bond acceptors (Lipinski definition) is 2. The van der Waals surface area contributed by atoms with E-state index in [0.29, 0.717) is 0 Å². The smallest absolute Gasteiger partial charge is 0.0498 e. The van der Waals surface area contributed by atoms with E-state index in [9.17, 15) is 0 Å². The maximum Gasteiger partial charge on any atom is 0.0498 e. The van der Waals surface area contributed by atoms with Gasteiger partial charge >= 0.3 is 0 Å². The predicted octanol–water partition coefficient (Wildman–Crippen LogP) is 1.02. The van der Waals surface area contributed by atoms with Crippen LogP contribution in [0.3, 0.4) is 0 Å². The topological polar surface area (TPSA) is 21.3 Å². The maximum atomic E-state index is 5.36. The van der Waals surface area contributed by atoms with E-state index in [2.05, 4.69) is 12.2 Å². The largest absolute Gasteiger partial charge is 0.381 e. The van der Waals surface area contributed by atoms with Crippen LogP contribution in [0.5, 0.6) is 0 Å². The average Bonchev–Trinajstić information content (AvgIpc) is 2.61. The van der Waals surface area contributed by atoms with E-state index in [1.54, 1.807) is 0 Å². The highest BCUT2D eigenvalue weighted by atomic mass is 16.5. The molecule has 2 aliphatic rings. The lowest BCUT2D eigenvalue weighted by Gasteiger charge is -2.05. The van der Waals surface area contributed by atoms with Crippen molar-refractivity contribution in [3.05, 3.63) is 0 Å². The number of nitrogens with one attached hydrogen (secondary N) is 1. The van der Waals surface area contributed by atoms with Crippen LogP contribution in [0.4, 0.5) is 0 Å². The van der Waals surface area contributed by atoms with Gasteiger partial charge in [0.05, 0.1) is 0 Å². The molecule has 0 spiro atoms. The van der Waals surface area contributed by atoms with Crippen molar-refractivity contribution in [2.45, 2.75) is 25.8 Å². The molecule has 0 bridgehead atoms. The Balaban J connectivity index is 1.72. The summed E-state index contributed by atoms with van der Waals surface area (Å²) in [7, 11) is 0. The molecule has 1 saturated heterocycles. The fourth-order valence-electron chi connectivity index (χ4n) is 2.12. The Labute approximate surface area is 68.3 Å². The lowest BCUT2D eigenvalue weighted by Crippen LogP contribution is -2.19. The van der Waals surface area contributed by atoms with Gasteiger partial charge in [-0.15, -0.1) is 0 Å². The number of ether oxygens (including phenoxy) is 1. The third kappa shape index (κ3) is 1.57. The van der Waals surface area contributed by atoms with E-state index in [1.165, 1.54) is 12.8 Å². The summed E-state index contributed by atoms with van der Waals surface area (Å²) < 4.78 is 5.36. The van der Waals surface area contributed by atoms with E-state index in [4.69, 9.17) is 4.74 Å². The zero-order valence-corrected chi connectivity index (χ0v) is 7.18. The summed E-state index contributed by atoms with van der Waals surface area (Å²) in [6, 6.07) is 0.826. The van der Waals surface area contributed by atoms with Gasteiger partial charge in [0.1, 0.15) is 0 Å². The first kappa shape index (κ1) is 7.56. The van der Waals surface area contributed by atoms with Crippen molar-refractivity contribution in [3.8, 4) is 0 Å². The van der Waals surface area contributed by atoms with Gasteiger partial charge in [-0.1, -0.05) is 6.92 Å². The second kappa shape index (κ2) is 3.11. The summed E-state index contributed by atoms with van der Waals surface area (Å²) in [5.74, 6) is 1.82. The van der Waals surface area contributed by atoms with E-state index in [0.717, 1.165) is 37.6 Å². The van der Waals surface area contributed by atoms with Crippen molar-refractivity contribution < 1.29 is 4.74 Å². The molecule has 0 aromatic heterocycles. The second-order valence-corrected chi connectivity index (χ2v) is 3.69. The molecular formula is C9H17NO. The summed E-state index contributed by atoms with van der Waals surface area (Å²) in [5, 5.41) is 3.49. The van der Waals surface area contributed by atoms with E-state index in [-0.39, 0.29) is 0 Å². The Hall–Kier alpha value is -0.0800.